The van der Waals surface area contributed by atoms with Crippen molar-refractivity contribution >= 4 is 39.1 Å². The molecular weight excluding hydrogens is 395 g/mol. The van der Waals surface area contributed by atoms with Crippen LogP contribution < -0.4 is 5.32 Å². The summed E-state index contributed by atoms with van der Waals surface area (Å²) in [6.45, 7) is 3.49. The molecule has 5 nitrogen and oxygen atoms in total. The molecule has 0 saturated carbocycles. The van der Waals surface area contributed by atoms with Crippen LogP contribution in [0.5, 0.6) is 0 Å². The van der Waals surface area contributed by atoms with Gasteiger partial charge in [0.15, 0.2) is 0 Å². The van der Waals surface area contributed by atoms with Gasteiger partial charge in [0.25, 0.3) is 0 Å². The maximum Gasteiger partial charge on any atom is 0.243 e. The van der Waals surface area contributed by atoms with Crippen LogP contribution in [0.2, 0.25) is 10.0 Å². The van der Waals surface area contributed by atoms with Gasteiger partial charge in [0.05, 0.1) is 11.4 Å². The Morgan fingerprint density at radius 3 is 2.12 bits per heavy atom. The molecule has 0 atom stereocenters. The highest BCUT2D eigenvalue weighted by molar-refractivity contribution is 7.89. The molecule has 1 N–H and O–H groups in total. The molecule has 0 aromatic heterocycles. The third kappa shape index (κ3) is 5.57. The highest BCUT2D eigenvalue weighted by Gasteiger charge is 2.26. The fourth-order valence-corrected chi connectivity index (χ4v) is 3.81. The Balaban J connectivity index is 2.31. The Bertz CT molecular complexity index is 866. The largest absolute Gasteiger partial charge is 0.351 e. The van der Waals surface area contributed by atoms with Crippen molar-refractivity contribution in [3.8, 4) is 0 Å². The van der Waals surface area contributed by atoms with Crippen molar-refractivity contribution in [2.75, 3.05) is 13.1 Å². The van der Waals surface area contributed by atoms with Crippen LogP contribution in [0.4, 0.5) is 0 Å². The van der Waals surface area contributed by atoms with Gasteiger partial charge in [-0.2, -0.15) is 4.31 Å². The van der Waals surface area contributed by atoms with E-state index in [1.54, 1.807) is 24.3 Å². The second-order valence-electron chi connectivity index (χ2n) is 5.45. The van der Waals surface area contributed by atoms with Gasteiger partial charge in [-0.3, -0.25) is 4.79 Å². The minimum Gasteiger partial charge on any atom is -0.351 e. The monoisotopic (exact) mass is 412 g/mol. The number of sulfonamides is 1. The van der Waals surface area contributed by atoms with Crippen molar-refractivity contribution in [2.45, 2.75) is 11.4 Å². The molecule has 0 fully saturated rings. The Morgan fingerprint density at radius 2 is 1.58 bits per heavy atom. The van der Waals surface area contributed by atoms with E-state index in [0.717, 1.165) is 4.31 Å². The maximum absolute atomic E-state index is 13.0. The zero-order valence-corrected chi connectivity index (χ0v) is 16.2. The number of nitrogens with one attached hydrogen (secondary N) is 1. The molecule has 0 spiro atoms. The minimum absolute atomic E-state index is 0.0314. The molecule has 0 aliphatic carbocycles. The van der Waals surface area contributed by atoms with Crippen molar-refractivity contribution in [3.63, 3.8) is 0 Å². The smallest absolute Gasteiger partial charge is 0.243 e. The molecule has 8 heteroatoms. The van der Waals surface area contributed by atoms with Crippen LogP contribution in [0.3, 0.4) is 0 Å². The lowest BCUT2D eigenvalue weighted by Gasteiger charge is -2.22. The molecule has 1 amide bonds. The van der Waals surface area contributed by atoms with Gasteiger partial charge < -0.3 is 5.32 Å². The lowest BCUT2D eigenvalue weighted by atomic mass is 10.2. The molecule has 0 aliphatic heterocycles. The lowest BCUT2D eigenvalue weighted by Crippen LogP contribution is -2.40. The Labute approximate surface area is 163 Å². The molecule has 0 bridgehead atoms. The quantitative estimate of drug-likeness (QED) is 0.674. The first-order valence-electron chi connectivity index (χ1n) is 7.70. The first kappa shape index (κ1) is 20.5. The number of carbonyl (C=O) groups excluding carboxylic acids is 1. The number of hydrogen-bond donors (Lipinski definition) is 1. The number of halogens is 2. The zero-order valence-electron chi connectivity index (χ0n) is 13.9. The number of benzene rings is 2. The number of rotatable bonds is 8. The van der Waals surface area contributed by atoms with Crippen molar-refractivity contribution < 1.29 is 13.2 Å². The number of hydrogen-bond acceptors (Lipinski definition) is 3. The topological polar surface area (TPSA) is 66.5 Å². The van der Waals surface area contributed by atoms with Gasteiger partial charge in [-0.25, -0.2) is 8.42 Å². The fraction of sp³-hybridized carbons (Fsp3) is 0.167. The van der Waals surface area contributed by atoms with Crippen LogP contribution in [0, 0.1) is 0 Å². The van der Waals surface area contributed by atoms with E-state index in [0.29, 0.717) is 15.6 Å². The van der Waals surface area contributed by atoms with Crippen LogP contribution >= 0.6 is 23.2 Å². The van der Waals surface area contributed by atoms with E-state index in [1.807, 2.05) is 0 Å². The molecule has 0 heterocycles. The van der Waals surface area contributed by atoms with Crippen LogP contribution in [0.15, 0.2) is 66.1 Å². The summed E-state index contributed by atoms with van der Waals surface area (Å²) in [6, 6.07) is 12.6. The number of nitrogens with zero attached hydrogens (tertiary/aromatic N) is 1. The summed E-state index contributed by atoms with van der Waals surface area (Å²) in [5, 5.41) is 3.56. The van der Waals surface area contributed by atoms with Crippen molar-refractivity contribution in [1.29, 1.82) is 0 Å². The minimum atomic E-state index is -3.89. The van der Waals surface area contributed by atoms with Crippen molar-refractivity contribution in [1.82, 2.24) is 9.62 Å². The van der Waals surface area contributed by atoms with E-state index in [1.165, 1.54) is 30.3 Å². The van der Waals surface area contributed by atoms with Gasteiger partial charge in [0.1, 0.15) is 0 Å². The van der Waals surface area contributed by atoms with E-state index in [9.17, 15) is 13.2 Å². The van der Waals surface area contributed by atoms with Crippen LogP contribution in [-0.2, 0) is 21.4 Å². The molecule has 0 aliphatic rings. The molecular formula is C18H18Cl2N2O3S. The highest BCUT2D eigenvalue weighted by atomic mass is 35.5. The van der Waals surface area contributed by atoms with E-state index in [4.69, 9.17) is 23.2 Å². The molecule has 0 radical (unpaired) electrons. The van der Waals surface area contributed by atoms with E-state index < -0.39 is 15.9 Å². The second-order valence-corrected chi connectivity index (χ2v) is 8.26. The normalized spacial score (nSPS) is 11.3. The summed E-state index contributed by atoms with van der Waals surface area (Å²) in [4.78, 5) is 12.1. The summed E-state index contributed by atoms with van der Waals surface area (Å²) in [5.74, 6) is -0.420. The fourth-order valence-electron chi connectivity index (χ4n) is 2.18. The third-order valence-corrected chi connectivity index (χ3v) is 5.80. The number of amides is 1. The molecule has 138 valence electrons. The van der Waals surface area contributed by atoms with Crippen LogP contribution in [0.25, 0.3) is 0 Å². The van der Waals surface area contributed by atoms with E-state index in [2.05, 4.69) is 11.9 Å². The highest BCUT2D eigenvalue weighted by Crippen LogP contribution is 2.21. The lowest BCUT2D eigenvalue weighted by molar-refractivity contribution is -0.121. The molecule has 2 aromatic rings. The average Bonchev–Trinajstić information content (AvgIpc) is 2.61. The summed E-state index contributed by atoms with van der Waals surface area (Å²) in [5.41, 5.74) is 0.712. The summed E-state index contributed by atoms with van der Waals surface area (Å²) >= 11 is 11.7. The molecule has 0 unspecified atom stereocenters. The third-order valence-electron chi connectivity index (χ3n) is 3.49. The van der Waals surface area contributed by atoms with Gasteiger partial charge in [-0.1, -0.05) is 41.4 Å². The number of carbonyl (C=O) groups is 1. The van der Waals surface area contributed by atoms with Crippen molar-refractivity contribution in [3.05, 3.63) is 76.8 Å². The van der Waals surface area contributed by atoms with Gasteiger partial charge in [0.2, 0.25) is 15.9 Å². The summed E-state index contributed by atoms with van der Waals surface area (Å²) in [7, 11) is -3.89. The first-order valence-corrected chi connectivity index (χ1v) is 9.90. The molecule has 2 rings (SSSR count). The van der Waals surface area contributed by atoms with Gasteiger partial charge in [-0.15, -0.1) is 6.58 Å². The standard InChI is InChI=1S/C18H18Cl2N2O3S/c1-2-11-21-18(23)13-22(12-14-3-5-15(19)6-4-14)26(24,25)17-9-7-16(20)8-10-17/h2-10H,1,11-13H2,(H,21,23). The van der Waals surface area contributed by atoms with Crippen LogP contribution in [-0.4, -0.2) is 31.7 Å². The van der Waals surface area contributed by atoms with Gasteiger partial charge in [0, 0.05) is 23.1 Å². The average molecular weight is 413 g/mol. The predicted molar refractivity (Wildman–Crippen MR) is 104 cm³/mol. The maximum atomic E-state index is 13.0. The summed E-state index contributed by atoms with van der Waals surface area (Å²) in [6.07, 6.45) is 1.52. The Morgan fingerprint density at radius 1 is 1.04 bits per heavy atom. The molecule has 0 saturated heterocycles. The van der Waals surface area contributed by atoms with E-state index >= 15 is 0 Å². The first-order chi connectivity index (χ1) is 12.3. The molecule has 2 aromatic carbocycles. The SMILES string of the molecule is C=CCNC(=O)CN(Cc1ccc(Cl)cc1)S(=O)(=O)c1ccc(Cl)cc1. The van der Waals surface area contributed by atoms with Gasteiger partial charge >= 0.3 is 0 Å². The van der Waals surface area contributed by atoms with Crippen LogP contribution in [0.1, 0.15) is 5.56 Å². The Kier molecular flexibility index (Phi) is 7.23. The summed E-state index contributed by atoms with van der Waals surface area (Å²) < 4.78 is 27.1. The second kappa shape index (κ2) is 9.19. The predicted octanol–water partition coefficient (Wildman–Crippen LogP) is 3.49. The van der Waals surface area contributed by atoms with E-state index in [-0.39, 0.29) is 24.5 Å². The molecule has 26 heavy (non-hydrogen) atoms. The van der Waals surface area contributed by atoms with Gasteiger partial charge in [-0.05, 0) is 42.0 Å². The Hall–Kier alpha value is -1.86. The zero-order chi connectivity index (χ0) is 19.2. The van der Waals surface area contributed by atoms with Crippen molar-refractivity contribution in [2.24, 2.45) is 0 Å².